The molecule has 0 fully saturated rings. The third kappa shape index (κ3) is 1.99. The van der Waals surface area contributed by atoms with Gasteiger partial charge in [-0.2, -0.15) is 0 Å². The first-order valence-electron chi connectivity index (χ1n) is 7.13. The number of fused-ring (bicyclic) bond motifs is 2. The second kappa shape index (κ2) is 4.98. The van der Waals surface area contributed by atoms with Crippen molar-refractivity contribution < 1.29 is 19.4 Å². The van der Waals surface area contributed by atoms with E-state index in [4.69, 9.17) is 4.74 Å². The number of phenolic OH excluding ortho intramolecular Hbond substituents is 1. The fourth-order valence-corrected chi connectivity index (χ4v) is 2.69. The summed E-state index contributed by atoms with van der Waals surface area (Å²) in [6.07, 6.45) is -0.0992. The van der Waals surface area contributed by atoms with E-state index in [0.717, 1.165) is 0 Å². The summed E-state index contributed by atoms with van der Waals surface area (Å²) in [4.78, 5) is 25.2. The van der Waals surface area contributed by atoms with Crippen molar-refractivity contribution in [2.24, 2.45) is 0 Å². The second-order valence-electron chi connectivity index (χ2n) is 5.64. The van der Waals surface area contributed by atoms with Crippen LogP contribution in [0.3, 0.4) is 0 Å². The molecule has 0 saturated carbocycles. The average Bonchev–Trinajstić information content (AvgIpc) is 2.49. The molecule has 0 atom stereocenters. The molecule has 1 aliphatic rings. The van der Waals surface area contributed by atoms with Crippen LogP contribution in [0.1, 0.15) is 51.3 Å². The van der Waals surface area contributed by atoms with E-state index in [2.05, 4.69) is 0 Å². The van der Waals surface area contributed by atoms with Gasteiger partial charge in [-0.25, -0.2) is 0 Å². The van der Waals surface area contributed by atoms with Gasteiger partial charge < -0.3 is 9.84 Å². The van der Waals surface area contributed by atoms with E-state index >= 15 is 0 Å². The van der Waals surface area contributed by atoms with Gasteiger partial charge in [0.1, 0.15) is 11.5 Å². The van der Waals surface area contributed by atoms with Crippen molar-refractivity contribution in [2.75, 3.05) is 0 Å². The Bertz CT molecular complexity index is 803. The molecule has 4 nitrogen and oxygen atoms in total. The van der Waals surface area contributed by atoms with Crippen LogP contribution in [-0.4, -0.2) is 22.8 Å². The highest BCUT2D eigenvalue weighted by Crippen LogP contribution is 2.39. The second-order valence-corrected chi connectivity index (χ2v) is 5.64. The molecular formula is C18H16O4. The lowest BCUT2D eigenvalue weighted by atomic mass is 9.82. The highest BCUT2D eigenvalue weighted by atomic mass is 16.5. The standard InChI is InChI=1S/C18H16O4/c1-9(2)22-14-8-13-15(16(19)10(14)3)18(21)12-7-5-4-6-11(12)17(13)20/h4-9,19H,1-3H3. The van der Waals surface area contributed by atoms with Crippen molar-refractivity contribution in [1.82, 2.24) is 0 Å². The summed E-state index contributed by atoms with van der Waals surface area (Å²) in [5.41, 5.74) is 1.42. The quantitative estimate of drug-likeness (QED) is 0.788. The molecule has 0 bridgehead atoms. The molecule has 22 heavy (non-hydrogen) atoms. The first-order chi connectivity index (χ1) is 10.4. The van der Waals surface area contributed by atoms with Crippen molar-refractivity contribution in [1.29, 1.82) is 0 Å². The fraction of sp³-hybridized carbons (Fsp3) is 0.222. The molecule has 0 heterocycles. The summed E-state index contributed by atoms with van der Waals surface area (Å²) >= 11 is 0. The molecule has 112 valence electrons. The summed E-state index contributed by atoms with van der Waals surface area (Å²) in [6, 6.07) is 8.20. The van der Waals surface area contributed by atoms with Gasteiger partial charge in [0, 0.05) is 22.3 Å². The number of hydrogen-bond donors (Lipinski definition) is 1. The molecule has 0 spiro atoms. The van der Waals surface area contributed by atoms with Gasteiger partial charge in [-0.15, -0.1) is 0 Å². The van der Waals surface area contributed by atoms with Crippen LogP contribution in [0, 0.1) is 6.92 Å². The lowest BCUT2D eigenvalue weighted by molar-refractivity contribution is 0.0976. The van der Waals surface area contributed by atoms with E-state index in [1.165, 1.54) is 0 Å². The molecule has 0 radical (unpaired) electrons. The monoisotopic (exact) mass is 296 g/mol. The normalized spacial score (nSPS) is 13.1. The molecule has 0 aliphatic heterocycles. The molecule has 2 aromatic rings. The molecule has 0 saturated heterocycles. The van der Waals surface area contributed by atoms with Crippen LogP contribution in [0.5, 0.6) is 11.5 Å². The van der Waals surface area contributed by atoms with Crippen LogP contribution in [0.4, 0.5) is 0 Å². The zero-order chi connectivity index (χ0) is 16.0. The molecule has 0 aromatic heterocycles. The number of benzene rings is 2. The minimum absolute atomic E-state index is 0.0670. The Morgan fingerprint density at radius 2 is 1.59 bits per heavy atom. The topological polar surface area (TPSA) is 63.6 Å². The molecule has 0 unspecified atom stereocenters. The summed E-state index contributed by atoms with van der Waals surface area (Å²) in [6.45, 7) is 5.39. The minimum atomic E-state index is -0.332. The average molecular weight is 296 g/mol. The van der Waals surface area contributed by atoms with Crippen molar-refractivity contribution in [2.45, 2.75) is 26.9 Å². The molecular weight excluding hydrogens is 280 g/mol. The van der Waals surface area contributed by atoms with Crippen LogP contribution in [0.25, 0.3) is 0 Å². The van der Waals surface area contributed by atoms with Crippen LogP contribution >= 0.6 is 0 Å². The Morgan fingerprint density at radius 3 is 2.18 bits per heavy atom. The Morgan fingerprint density at radius 1 is 1.00 bits per heavy atom. The number of rotatable bonds is 2. The van der Waals surface area contributed by atoms with Crippen molar-refractivity contribution in [3.63, 3.8) is 0 Å². The zero-order valence-electron chi connectivity index (χ0n) is 12.6. The van der Waals surface area contributed by atoms with E-state index in [-0.39, 0.29) is 34.5 Å². The number of hydrogen-bond acceptors (Lipinski definition) is 4. The minimum Gasteiger partial charge on any atom is -0.507 e. The smallest absolute Gasteiger partial charge is 0.198 e. The Hall–Kier alpha value is -2.62. The van der Waals surface area contributed by atoms with Gasteiger partial charge >= 0.3 is 0 Å². The van der Waals surface area contributed by atoms with E-state index in [0.29, 0.717) is 22.4 Å². The zero-order valence-corrected chi connectivity index (χ0v) is 12.6. The molecule has 1 aliphatic carbocycles. The molecule has 0 amide bonds. The van der Waals surface area contributed by atoms with Crippen LogP contribution in [-0.2, 0) is 0 Å². The van der Waals surface area contributed by atoms with Gasteiger partial charge in [-0.1, -0.05) is 24.3 Å². The predicted molar refractivity (Wildman–Crippen MR) is 81.9 cm³/mol. The SMILES string of the molecule is Cc1c(OC(C)C)cc2c(c1O)C(=O)c1ccccc1C2=O. The van der Waals surface area contributed by atoms with E-state index in [1.54, 1.807) is 37.3 Å². The summed E-state index contributed by atoms with van der Waals surface area (Å²) in [7, 11) is 0. The molecule has 4 heteroatoms. The van der Waals surface area contributed by atoms with Crippen LogP contribution in [0.2, 0.25) is 0 Å². The first kappa shape index (κ1) is 14.3. The number of phenols is 1. The van der Waals surface area contributed by atoms with E-state index in [9.17, 15) is 14.7 Å². The lowest BCUT2D eigenvalue weighted by Gasteiger charge is -2.22. The van der Waals surface area contributed by atoms with Gasteiger partial charge in [0.25, 0.3) is 0 Å². The Balaban J connectivity index is 2.27. The molecule has 1 N–H and O–H groups in total. The van der Waals surface area contributed by atoms with E-state index < -0.39 is 0 Å². The predicted octanol–water partition coefficient (Wildman–Crippen LogP) is 3.26. The van der Waals surface area contributed by atoms with Gasteiger partial charge in [0.15, 0.2) is 11.6 Å². The maximum absolute atomic E-state index is 12.6. The third-order valence-electron chi connectivity index (χ3n) is 3.76. The maximum atomic E-state index is 12.6. The summed E-state index contributed by atoms with van der Waals surface area (Å²) < 4.78 is 5.64. The van der Waals surface area contributed by atoms with Crippen LogP contribution < -0.4 is 4.74 Å². The number of carbonyl (C=O) groups excluding carboxylic acids is 2. The summed E-state index contributed by atoms with van der Waals surface area (Å²) in [5, 5.41) is 10.4. The highest BCUT2D eigenvalue weighted by Gasteiger charge is 2.33. The number of ether oxygens (including phenoxy) is 1. The fourth-order valence-electron chi connectivity index (χ4n) is 2.69. The van der Waals surface area contributed by atoms with Crippen molar-refractivity contribution in [3.05, 3.63) is 58.1 Å². The van der Waals surface area contributed by atoms with Crippen molar-refractivity contribution >= 4 is 11.6 Å². The molecule has 3 rings (SSSR count). The van der Waals surface area contributed by atoms with Gasteiger partial charge in [-0.05, 0) is 26.8 Å². The van der Waals surface area contributed by atoms with Crippen LogP contribution in [0.15, 0.2) is 30.3 Å². The Kier molecular flexibility index (Phi) is 3.24. The van der Waals surface area contributed by atoms with E-state index in [1.807, 2.05) is 13.8 Å². The summed E-state index contributed by atoms with van der Waals surface area (Å²) in [5.74, 6) is -0.358. The van der Waals surface area contributed by atoms with Gasteiger partial charge in [0.05, 0.1) is 11.7 Å². The third-order valence-corrected chi connectivity index (χ3v) is 3.76. The lowest BCUT2D eigenvalue weighted by Crippen LogP contribution is -2.22. The maximum Gasteiger partial charge on any atom is 0.198 e. The van der Waals surface area contributed by atoms with Gasteiger partial charge in [-0.3, -0.25) is 9.59 Å². The molecule has 2 aromatic carbocycles. The number of ketones is 2. The first-order valence-corrected chi connectivity index (χ1v) is 7.13. The number of carbonyl (C=O) groups is 2. The largest absolute Gasteiger partial charge is 0.507 e. The Labute approximate surface area is 128 Å². The highest BCUT2D eigenvalue weighted by molar-refractivity contribution is 6.29. The van der Waals surface area contributed by atoms with Gasteiger partial charge in [0.2, 0.25) is 0 Å². The van der Waals surface area contributed by atoms with Crippen molar-refractivity contribution in [3.8, 4) is 11.5 Å². The number of aromatic hydroxyl groups is 1.